The van der Waals surface area contributed by atoms with Crippen molar-refractivity contribution >= 4 is 5.78 Å². The van der Waals surface area contributed by atoms with E-state index < -0.39 is 0 Å². The first-order valence-electron chi connectivity index (χ1n) is 4.90. The smallest absolute Gasteiger partial charge is 0.186 e. The van der Waals surface area contributed by atoms with Gasteiger partial charge in [0.1, 0.15) is 0 Å². The summed E-state index contributed by atoms with van der Waals surface area (Å²) in [4.78, 5) is 11.8. The standard InChI is InChI=1S/C13H9NO/c15-12-7-3-4-9-8-14-11-6-2-1-5-10(11)13(9)12/h1-7,11,14H. The molecular weight excluding hydrogens is 186 g/mol. The highest BCUT2D eigenvalue weighted by atomic mass is 16.1. The van der Waals surface area contributed by atoms with Crippen LogP contribution < -0.4 is 5.32 Å². The molecule has 1 aliphatic heterocycles. The van der Waals surface area contributed by atoms with Gasteiger partial charge in [0.15, 0.2) is 5.78 Å². The molecule has 2 aliphatic carbocycles. The van der Waals surface area contributed by atoms with Crippen LogP contribution in [0.15, 0.2) is 59.3 Å². The molecule has 2 heteroatoms. The third-order valence-electron chi connectivity index (χ3n) is 2.70. The molecule has 15 heavy (non-hydrogen) atoms. The quantitative estimate of drug-likeness (QED) is 0.634. The predicted molar refractivity (Wildman–Crippen MR) is 57.7 cm³/mol. The van der Waals surface area contributed by atoms with Gasteiger partial charge in [0.25, 0.3) is 0 Å². The molecule has 3 rings (SSSR count). The SMILES string of the molecule is O=C1C=CC=C2[C]NC3C=CC=CC3=C12. The molecule has 0 saturated heterocycles. The molecule has 0 saturated carbocycles. The van der Waals surface area contributed by atoms with Crippen molar-refractivity contribution in [3.63, 3.8) is 0 Å². The van der Waals surface area contributed by atoms with Crippen LogP contribution in [0.5, 0.6) is 0 Å². The van der Waals surface area contributed by atoms with Gasteiger partial charge >= 0.3 is 0 Å². The molecule has 2 nitrogen and oxygen atoms in total. The Hall–Kier alpha value is -1.67. The third kappa shape index (κ3) is 1.26. The fourth-order valence-corrected chi connectivity index (χ4v) is 2.00. The lowest BCUT2D eigenvalue weighted by Gasteiger charge is -2.28. The summed E-state index contributed by atoms with van der Waals surface area (Å²) in [7, 11) is 0. The van der Waals surface area contributed by atoms with E-state index in [1.54, 1.807) is 12.2 Å². The minimum atomic E-state index is 0.0708. The molecule has 0 aromatic heterocycles. The number of allylic oxidation sites excluding steroid dienone is 5. The maximum absolute atomic E-state index is 11.8. The lowest BCUT2D eigenvalue weighted by molar-refractivity contribution is -0.111. The molecule has 3 aliphatic rings. The molecular formula is C13H9NO. The number of carbonyl (C=O) groups excluding carboxylic acids is 1. The minimum Gasteiger partial charge on any atom is -0.293 e. The molecule has 1 N–H and O–H groups in total. The van der Waals surface area contributed by atoms with E-state index in [-0.39, 0.29) is 11.8 Å². The van der Waals surface area contributed by atoms with Crippen molar-refractivity contribution in [2.75, 3.05) is 0 Å². The van der Waals surface area contributed by atoms with Crippen molar-refractivity contribution < 1.29 is 4.79 Å². The van der Waals surface area contributed by atoms with Gasteiger partial charge in [-0.3, -0.25) is 10.1 Å². The first kappa shape index (κ1) is 8.62. The Kier molecular flexibility index (Phi) is 1.82. The van der Waals surface area contributed by atoms with Gasteiger partial charge in [0.05, 0.1) is 12.6 Å². The minimum absolute atomic E-state index is 0.0708. The van der Waals surface area contributed by atoms with Gasteiger partial charge in [-0.05, 0) is 17.2 Å². The predicted octanol–water partition coefficient (Wildman–Crippen LogP) is 1.48. The summed E-state index contributed by atoms with van der Waals surface area (Å²) in [6.07, 6.45) is 13.2. The van der Waals surface area contributed by atoms with Gasteiger partial charge in [0.2, 0.25) is 0 Å². The molecule has 72 valence electrons. The highest BCUT2D eigenvalue weighted by molar-refractivity contribution is 6.10. The molecule has 0 aromatic rings. The summed E-state index contributed by atoms with van der Waals surface area (Å²) in [5.74, 6) is 0.0708. The molecule has 0 spiro atoms. The zero-order valence-corrected chi connectivity index (χ0v) is 8.03. The second-order valence-electron chi connectivity index (χ2n) is 3.63. The molecule has 0 bridgehead atoms. The van der Waals surface area contributed by atoms with Crippen LogP contribution in [-0.4, -0.2) is 11.8 Å². The first-order valence-corrected chi connectivity index (χ1v) is 4.90. The van der Waals surface area contributed by atoms with E-state index in [9.17, 15) is 4.79 Å². The lowest BCUT2D eigenvalue weighted by atomic mass is 9.84. The fourth-order valence-electron chi connectivity index (χ4n) is 2.00. The topological polar surface area (TPSA) is 29.1 Å². The van der Waals surface area contributed by atoms with Gasteiger partial charge in [-0.2, -0.15) is 0 Å². The summed E-state index contributed by atoms with van der Waals surface area (Å²) >= 11 is 0. The molecule has 0 amide bonds. The molecule has 1 heterocycles. The van der Waals surface area contributed by atoms with Crippen molar-refractivity contribution in [2.45, 2.75) is 6.04 Å². The third-order valence-corrected chi connectivity index (χ3v) is 2.70. The van der Waals surface area contributed by atoms with E-state index in [1.807, 2.05) is 30.4 Å². The van der Waals surface area contributed by atoms with Crippen LogP contribution >= 0.6 is 0 Å². The molecule has 0 aromatic carbocycles. The van der Waals surface area contributed by atoms with Gasteiger partial charge in [-0.15, -0.1) is 0 Å². The monoisotopic (exact) mass is 195 g/mol. The Balaban J connectivity index is 2.19. The highest BCUT2D eigenvalue weighted by Gasteiger charge is 2.28. The maximum Gasteiger partial charge on any atom is 0.186 e. The summed E-state index contributed by atoms with van der Waals surface area (Å²) in [5.41, 5.74) is 2.67. The van der Waals surface area contributed by atoms with Crippen molar-refractivity contribution in [1.82, 2.24) is 5.32 Å². The fraction of sp³-hybridized carbons (Fsp3) is 0.0769. The van der Waals surface area contributed by atoms with E-state index in [0.717, 1.165) is 16.7 Å². The van der Waals surface area contributed by atoms with E-state index >= 15 is 0 Å². The van der Waals surface area contributed by atoms with Crippen molar-refractivity contribution in [2.24, 2.45) is 0 Å². The molecule has 2 radical (unpaired) electrons. The van der Waals surface area contributed by atoms with Crippen LogP contribution in [0, 0.1) is 6.54 Å². The first-order chi connectivity index (χ1) is 7.36. The number of hydrogen-bond acceptors (Lipinski definition) is 2. The Labute approximate surface area is 88.4 Å². The van der Waals surface area contributed by atoms with Crippen molar-refractivity contribution in [1.29, 1.82) is 0 Å². The Morgan fingerprint density at radius 2 is 2.13 bits per heavy atom. The van der Waals surface area contributed by atoms with Crippen molar-refractivity contribution in [3.05, 3.63) is 65.8 Å². The average molecular weight is 195 g/mol. The normalized spacial score (nSPS) is 27.6. The number of rotatable bonds is 0. The van der Waals surface area contributed by atoms with Crippen LogP contribution in [0.3, 0.4) is 0 Å². The van der Waals surface area contributed by atoms with Crippen LogP contribution in [0.1, 0.15) is 0 Å². The average Bonchev–Trinajstić information content (AvgIpc) is 2.29. The van der Waals surface area contributed by atoms with Crippen LogP contribution in [0.2, 0.25) is 0 Å². The van der Waals surface area contributed by atoms with Gasteiger partial charge in [-0.25, -0.2) is 0 Å². The number of nitrogens with one attached hydrogen (secondary N) is 1. The van der Waals surface area contributed by atoms with Crippen molar-refractivity contribution in [3.8, 4) is 0 Å². The molecule has 0 fully saturated rings. The lowest BCUT2D eigenvalue weighted by Crippen LogP contribution is -2.35. The van der Waals surface area contributed by atoms with Gasteiger partial charge in [0, 0.05) is 5.57 Å². The van der Waals surface area contributed by atoms with Crippen LogP contribution in [0.4, 0.5) is 0 Å². The maximum atomic E-state index is 11.8. The number of carbonyl (C=O) groups is 1. The number of ketones is 1. The summed E-state index contributed by atoms with van der Waals surface area (Å²) in [5, 5.41) is 3.14. The summed E-state index contributed by atoms with van der Waals surface area (Å²) in [6, 6.07) is 0.0950. The zero-order valence-electron chi connectivity index (χ0n) is 8.03. The summed E-state index contributed by atoms with van der Waals surface area (Å²) < 4.78 is 0. The Bertz CT molecular complexity index is 475. The van der Waals surface area contributed by atoms with Gasteiger partial charge in [-0.1, -0.05) is 36.5 Å². The molecule has 1 unspecified atom stereocenters. The largest absolute Gasteiger partial charge is 0.293 e. The van der Waals surface area contributed by atoms with E-state index in [0.29, 0.717) is 0 Å². The second-order valence-corrected chi connectivity index (χ2v) is 3.63. The second kappa shape index (κ2) is 3.17. The Morgan fingerprint density at radius 1 is 1.20 bits per heavy atom. The summed E-state index contributed by atoms with van der Waals surface area (Å²) in [6.45, 7) is 3.05. The molecule has 1 atom stereocenters. The van der Waals surface area contributed by atoms with Crippen LogP contribution in [0.25, 0.3) is 0 Å². The van der Waals surface area contributed by atoms with Gasteiger partial charge < -0.3 is 0 Å². The Morgan fingerprint density at radius 3 is 3.07 bits per heavy atom. The zero-order chi connectivity index (χ0) is 10.3. The van der Waals surface area contributed by atoms with E-state index in [4.69, 9.17) is 0 Å². The van der Waals surface area contributed by atoms with E-state index in [1.165, 1.54) is 0 Å². The highest BCUT2D eigenvalue weighted by Crippen LogP contribution is 2.30. The van der Waals surface area contributed by atoms with Crippen LogP contribution in [-0.2, 0) is 4.79 Å². The number of hydrogen-bond donors (Lipinski definition) is 1. The van der Waals surface area contributed by atoms with E-state index in [2.05, 4.69) is 11.9 Å². The number of fused-ring (bicyclic) bond motifs is 2.